The van der Waals surface area contributed by atoms with Crippen LogP contribution in [0.3, 0.4) is 0 Å². The summed E-state index contributed by atoms with van der Waals surface area (Å²) < 4.78 is 5.85. The Morgan fingerprint density at radius 2 is 1.67 bits per heavy atom. The third kappa shape index (κ3) is 4.87. The van der Waals surface area contributed by atoms with Crippen LogP contribution < -0.4 is 10.1 Å². The molecule has 2 aromatic carbocycles. The Bertz CT molecular complexity index is 974. The van der Waals surface area contributed by atoms with E-state index in [0.29, 0.717) is 24.4 Å². The molecule has 11 nitrogen and oxygen atoms in total. The number of rotatable bonds is 6. The van der Waals surface area contributed by atoms with Gasteiger partial charge in [-0.25, -0.2) is 0 Å². The number of likely N-dealkylation sites (tertiary alicyclic amines) is 1. The van der Waals surface area contributed by atoms with Crippen LogP contribution in [-0.2, 0) is 4.79 Å². The summed E-state index contributed by atoms with van der Waals surface area (Å²) in [5.41, 5.74) is -0.515. The van der Waals surface area contributed by atoms with Gasteiger partial charge in [-0.15, -0.1) is 0 Å². The Kier molecular flexibility index (Phi) is 5.90. The van der Waals surface area contributed by atoms with Crippen molar-refractivity contribution in [2.45, 2.75) is 19.4 Å². The molecule has 0 aliphatic carbocycles. The van der Waals surface area contributed by atoms with Gasteiger partial charge in [0.25, 0.3) is 17.3 Å². The molecule has 0 spiro atoms. The summed E-state index contributed by atoms with van der Waals surface area (Å²) in [5, 5.41) is 24.7. The third-order valence-electron chi connectivity index (χ3n) is 4.48. The molecule has 156 valence electrons. The lowest BCUT2D eigenvalue weighted by atomic mass is 10.1. The molecular formula is C19H18N4O7. The van der Waals surface area contributed by atoms with Crippen LogP contribution in [0.2, 0.25) is 0 Å². The van der Waals surface area contributed by atoms with E-state index in [-0.39, 0.29) is 24.1 Å². The Morgan fingerprint density at radius 1 is 1.07 bits per heavy atom. The Balaban J connectivity index is 1.67. The van der Waals surface area contributed by atoms with E-state index >= 15 is 0 Å². The summed E-state index contributed by atoms with van der Waals surface area (Å²) in [5.74, 6) is -0.154. The zero-order valence-corrected chi connectivity index (χ0v) is 15.9. The van der Waals surface area contributed by atoms with Crippen LogP contribution in [0.15, 0.2) is 42.5 Å². The predicted molar refractivity (Wildman–Crippen MR) is 105 cm³/mol. The van der Waals surface area contributed by atoms with E-state index < -0.39 is 27.1 Å². The fourth-order valence-electron chi connectivity index (χ4n) is 3.13. The minimum atomic E-state index is -0.774. The minimum absolute atomic E-state index is 0.115. The van der Waals surface area contributed by atoms with Crippen molar-refractivity contribution in [1.82, 2.24) is 4.90 Å². The second kappa shape index (κ2) is 8.55. The lowest BCUT2D eigenvalue weighted by Gasteiger charge is -2.17. The van der Waals surface area contributed by atoms with Crippen molar-refractivity contribution in [2.75, 3.05) is 18.4 Å². The van der Waals surface area contributed by atoms with Gasteiger partial charge in [-0.1, -0.05) is 0 Å². The van der Waals surface area contributed by atoms with Crippen LogP contribution in [0.5, 0.6) is 5.75 Å². The molecular weight excluding hydrogens is 396 g/mol. The van der Waals surface area contributed by atoms with Crippen molar-refractivity contribution in [3.63, 3.8) is 0 Å². The lowest BCUT2D eigenvalue weighted by molar-refractivity contribution is -0.394. The highest BCUT2D eigenvalue weighted by atomic mass is 16.6. The van der Waals surface area contributed by atoms with Gasteiger partial charge in [-0.3, -0.25) is 29.8 Å². The second-order valence-corrected chi connectivity index (χ2v) is 6.74. The predicted octanol–water partition coefficient (Wildman–Crippen LogP) is 2.75. The van der Waals surface area contributed by atoms with Gasteiger partial charge in [0.1, 0.15) is 11.9 Å². The number of ether oxygens (including phenoxy) is 1. The van der Waals surface area contributed by atoms with E-state index in [4.69, 9.17) is 4.74 Å². The number of nitrogens with zero attached hydrogens (tertiary/aromatic N) is 3. The smallest absolute Gasteiger partial charge is 0.277 e. The summed E-state index contributed by atoms with van der Waals surface area (Å²) in [4.78, 5) is 45.7. The highest BCUT2D eigenvalue weighted by molar-refractivity contribution is 5.95. The lowest BCUT2D eigenvalue weighted by Crippen LogP contribution is -2.31. The first kappa shape index (κ1) is 20.7. The molecule has 1 heterocycles. The Hall–Kier alpha value is -4.02. The second-order valence-electron chi connectivity index (χ2n) is 6.74. The Morgan fingerprint density at radius 3 is 2.20 bits per heavy atom. The van der Waals surface area contributed by atoms with Crippen molar-refractivity contribution < 1.29 is 24.2 Å². The molecule has 1 N–H and O–H groups in total. The van der Waals surface area contributed by atoms with E-state index in [1.165, 1.54) is 11.8 Å². The summed E-state index contributed by atoms with van der Waals surface area (Å²) in [6.45, 7) is 2.00. The maximum absolute atomic E-state index is 12.7. The summed E-state index contributed by atoms with van der Waals surface area (Å²) >= 11 is 0. The fraction of sp³-hybridized carbons (Fsp3) is 0.263. The molecule has 1 aliphatic heterocycles. The number of nitro groups is 2. The van der Waals surface area contributed by atoms with Gasteiger partial charge in [-0.2, -0.15) is 0 Å². The van der Waals surface area contributed by atoms with Crippen LogP contribution in [0.4, 0.5) is 17.1 Å². The molecule has 11 heteroatoms. The molecule has 0 bridgehead atoms. The molecule has 0 aromatic heterocycles. The molecule has 2 amide bonds. The number of carbonyl (C=O) groups excluding carboxylic acids is 2. The molecule has 3 rings (SSSR count). The third-order valence-corrected chi connectivity index (χ3v) is 4.48. The SMILES string of the molecule is CC(=O)Nc1ccc(OC2CCN(C(=O)c3cc([N+](=O)[O-])cc([N+](=O)[O-])c3)C2)cc1. The van der Waals surface area contributed by atoms with Crippen LogP contribution in [0.25, 0.3) is 0 Å². The maximum atomic E-state index is 12.7. The molecule has 1 unspecified atom stereocenters. The number of anilines is 1. The zero-order valence-electron chi connectivity index (χ0n) is 15.9. The van der Waals surface area contributed by atoms with Crippen LogP contribution in [0, 0.1) is 20.2 Å². The number of carbonyl (C=O) groups is 2. The molecule has 2 aromatic rings. The Labute approximate surface area is 170 Å². The van der Waals surface area contributed by atoms with Gasteiger partial charge in [0.15, 0.2) is 0 Å². The minimum Gasteiger partial charge on any atom is -0.489 e. The van der Waals surface area contributed by atoms with E-state index in [1.54, 1.807) is 24.3 Å². The van der Waals surface area contributed by atoms with E-state index in [9.17, 15) is 29.8 Å². The van der Waals surface area contributed by atoms with Crippen molar-refractivity contribution in [1.29, 1.82) is 0 Å². The largest absolute Gasteiger partial charge is 0.489 e. The average Bonchev–Trinajstić information content (AvgIpc) is 3.16. The monoisotopic (exact) mass is 414 g/mol. The maximum Gasteiger partial charge on any atom is 0.277 e. The van der Waals surface area contributed by atoms with Gasteiger partial charge < -0.3 is 15.0 Å². The topological polar surface area (TPSA) is 145 Å². The molecule has 1 atom stereocenters. The van der Waals surface area contributed by atoms with Crippen molar-refractivity contribution in [3.05, 3.63) is 68.3 Å². The fourth-order valence-corrected chi connectivity index (χ4v) is 3.13. The van der Waals surface area contributed by atoms with Crippen LogP contribution >= 0.6 is 0 Å². The molecule has 30 heavy (non-hydrogen) atoms. The standard InChI is InChI=1S/C19H18N4O7/c1-12(24)20-14-2-4-17(5-3-14)30-18-6-7-21(11-18)19(25)13-8-15(22(26)27)10-16(9-13)23(28)29/h2-5,8-10,18H,6-7,11H2,1H3,(H,20,24). The normalized spacial score (nSPS) is 15.5. The average molecular weight is 414 g/mol. The first-order valence-corrected chi connectivity index (χ1v) is 9.00. The van der Waals surface area contributed by atoms with Gasteiger partial charge in [0, 0.05) is 37.7 Å². The molecule has 0 saturated carbocycles. The van der Waals surface area contributed by atoms with Gasteiger partial charge in [0.05, 0.1) is 28.0 Å². The van der Waals surface area contributed by atoms with E-state index in [0.717, 1.165) is 18.2 Å². The number of nitro benzene ring substituents is 2. The number of hydrogen-bond donors (Lipinski definition) is 1. The van der Waals surface area contributed by atoms with E-state index in [2.05, 4.69) is 5.32 Å². The number of hydrogen-bond acceptors (Lipinski definition) is 7. The molecule has 1 aliphatic rings. The highest BCUT2D eigenvalue weighted by Crippen LogP contribution is 2.26. The first-order valence-electron chi connectivity index (χ1n) is 9.00. The first-order chi connectivity index (χ1) is 14.2. The van der Waals surface area contributed by atoms with E-state index in [1.807, 2.05) is 0 Å². The summed E-state index contributed by atoms with van der Waals surface area (Å²) in [6, 6.07) is 9.65. The van der Waals surface area contributed by atoms with Gasteiger partial charge in [0.2, 0.25) is 5.91 Å². The zero-order chi connectivity index (χ0) is 21.8. The van der Waals surface area contributed by atoms with Crippen molar-refractivity contribution in [2.24, 2.45) is 0 Å². The van der Waals surface area contributed by atoms with Crippen LogP contribution in [-0.4, -0.2) is 45.8 Å². The molecule has 1 saturated heterocycles. The number of benzene rings is 2. The van der Waals surface area contributed by atoms with Crippen LogP contribution in [0.1, 0.15) is 23.7 Å². The summed E-state index contributed by atoms with van der Waals surface area (Å²) in [6.07, 6.45) is 0.241. The van der Waals surface area contributed by atoms with Crippen molar-refractivity contribution in [3.8, 4) is 5.75 Å². The number of non-ortho nitro benzene ring substituents is 2. The number of amides is 2. The summed E-state index contributed by atoms with van der Waals surface area (Å²) in [7, 11) is 0. The molecule has 1 fully saturated rings. The quantitative estimate of drug-likeness (QED) is 0.565. The number of nitrogens with one attached hydrogen (secondary N) is 1. The van der Waals surface area contributed by atoms with Crippen molar-refractivity contribution >= 4 is 28.9 Å². The molecule has 0 radical (unpaired) electrons. The van der Waals surface area contributed by atoms with Gasteiger partial charge >= 0.3 is 0 Å². The highest BCUT2D eigenvalue weighted by Gasteiger charge is 2.30. The van der Waals surface area contributed by atoms with Gasteiger partial charge in [-0.05, 0) is 24.3 Å².